The zero-order valence-corrected chi connectivity index (χ0v) is 74.1. The molecule has 2 aliphatic heterocycles. The maximum atomic E-state index is 15.3. The van der Waals surface area contributed by atoms with Gasteiger partial charge in [0.1, 0.15) is 72.2 Å². The Morgan fingerprint density at radius 2 is 1.03 bits per heavy atom. The Hall–Kier alpha value is -14.4. The maximum absolute atomic E-state index is 15.3. The Bertz CT molecular complexity index is 5420. The Morgan fingerprint density at radius 1 is 0.538 bits per heavy atom. The fourth-order valence-corrected chi connectivity index (χ4v) is 16.2. The van der Waals surface area contributed by atoms with Gasteiger partial charge in [0, 0.05) is 98.2 Å². The minimum atomic E-state index is -1.64. The molecule has 0 unspecified atom stereocenters. The number of benzene rings is 4. The highest BCUT2D eigenvalue weighted by Crippen LogP contribution is 2.31. The smallest absolute Gasteiger partial charge is 0.326 e. The lowest BCUT2D eigenvalue weighted by Gasteiger charge is -2.31. The van der Waals surface area contributed by atoms with Gasteiger partial charge in [0.25, 0.3) is 0 Å². The quantitative estimate of drug-likeness (QED) is 0.0147. The predicted molar refractivity (Wildman–Crippen MR) is 480 cm³/mol. The summed E-state index contributed by atoms with van der Waals surface area (Å²) in [6, 6.07) is 6.38. The number of aromatic hydroxyl groups is 1. The second kappa shape index (κ2) is 47.8. The number of fused-ring (bicyclic) bond motifs is 3. The molecule has 132 heavy (non-hydrogen) atoms. The van der Waals surface area contributed by atoms with Gasteiger partial charge >= 0.3 is 11.7 Å². The molecule has 0 bridgehead atoms. The van der Waals surface area contributed by atoms with Gasteiger partial charge in [-0.15, -0.1) is 0 Å². The number of hydrogen-bond acceptors (Lipinski definition) is 24. The number of anilines is 1. The zero-order chi connectivity index (χ0) is 95.4. The molecule has 43 nitrogen and oxygen atoms in total. The summed E-state index contributed by atoms with van der Waals surface area (Å²) < 4.78 is 4.83. The highest BCUT2D eigenvalue weighted by atomic mass is 16.6. The van der Waals surface area contributed by atoms with Crippen LogP contribution in [0.2, 0.25) is 0 Å². The van der Waals surface area contributed by atoms with Gasteiger partial charge in [-0.25, -0.2) is 14.4 Å². The van der Waals surface area contributed by atoms with Crippen LogP contribution < -0.4 is 75.7 Å². The van der Waals surface area contributed by atoms with E-state index in [0.717, 1.165) is 16.5 Å². The van der Waals surface area contributed by atoms with Crippen LogP contribution in [0.3, 0.4) is 0 Å². The van der Waals surface area contributed by atoms with Gasteiger partial charge in [-0.3, -0.25) is 77.2 Å². The molecule has 10 rings (SSSR count). The number of hydrogen-bond donors (Lipinski definition) is 19. The van der Waals surface area contributed by atoms with Crippen LogP contribution in [0.5, 0.6) is 5.75 Å². The molecule has 8 aromatic rings. The Balaban J connectivity index is 0.832. The van der Waals surface area contributed by atoms with Crippen LogP contribution >= 0.6 is 0 Å². The summed E-state index contributed by atoms with van der Waals surface area (Å²) in [5.41, 5.74) is 21.4. The molecule has 0 aliphatic carbocycles. The average molecular weight is 1830 g/mol. The lowest BCUT2D eigenvalue weighted by molar-refractivity contribution is -0.383. The summed E-state index contributed by atoms with van der Waals surface area (Å²) in [6.07, 6.45) is 6.24. The molecule has 12 atom stereocenters. The number of nitrogens with zero attached hydrogens (tertiary/aromatic N) is 6. The number of primary amides is 2. The van der Waals surface area contributed by atoms with Crippen molar-refractivity contribution in [2.75, 3.05) is 31.5 Å². The van der Waals surface area contributed by atoms with Crippen LogP contribution in [-0.2, 0) is 97.6 Å². The number of phenols is 1. The van der Waals surface area contributed by atoms with Crippen LogP contribution in [0.15, 0.2) is 114 Å². The number of aromatic nitrogens is 6. The van der Waals surface area contributed by atoms with Gasteiger partial charge in [0.2, 0.25) is 88.2 Å². The third-order valence-electron chi connectivity index (χ3n) is 23.1. The standard InChI is InChI=1S/C89H117N23O20/c1-6-7-18-61(79(118)107-69(89(128)129)39-50-24-26-54(113)27-25-50)101-86(125)72-23-15-36-111(72)88(127)64(30-33-74(92)115)99-75(116)46-97-85(124)71-22-14-35-110(71)87(126)63(21-12-13-34-94-60-28-31-70(112(130)131)77-76(60)108-132-109-77)102-82(121)66(38-49(4)5)104-80(119)62(29-32-73(91)114)100-81(120)65(37-48(2)3)105-83(122)67(41-52-44-96-59-20-11-9-17-56(52)59)106-84(123)68(42-53-45-93-47-98-53)103-78(117)57(90)40-51-43-95-58-19-10-8-16-55(51)58/h8-11,16-17,19-20,24-28,31,43-45,47-49,57,61-69,71-72,94-96,113H,6-7,12-15,18,21-23,29-30,32-42,46,90H2,1-5H3,(H2,91,114)(H2,92,115)(H,93,98)(H,97,124)(H,99,116)(H,100,120)(H,101,125)(H,102,121)(H,103,117)(H,104,119)(H,105,122)(H,106,123)(H,107,118)(H,128,129)/t57-,61-,62-,63-,64-,65-,66-,67-,68-,69-,71-,72-/m0/s1. The number of likely N-dealkylation sites (tertiary alicyclic amines) is 2. The first-order valence-corrected chi connectivity index (χ1v) is 44.3. The SMILES string of the molecule is CCCC[C@H](NC(=O)[C@@H]1CCCN1C(=O)[C@H](CCC(N)=O)NC(=O)CNC(=O)[C@@H]1CCCN1C(=O)[C@H](CCCCNc1ccc([N+](=O)[O-])c2nonc12)NC(=O)[C@H](CC(C)C)NC(=O)[C@H](CCC(N)=O)NC(=O)[C@H](CC(C)C)NC(=O)[C@H](Cc1c[nH]c2ccccc12)NC(=O)[C@H](Cc1c[nH]cn1)NC(=O)[C@@H](N)Cc1c[nH]c2ccccc12)C(=O)N[C@@H](Cc1ccc(O)cc1)C(=O)O. The largest absolute Gasteiger partial charge is 0.508 e. The molecular formula is C89H117N23O20. The number of non-ortho nitro benzene ring substituents is 1. The number of imidazole rings is 1. The molecule has 4 aromatic heterocycles. The number of unbranched alkanes of at least 4 members (excludes halogenated alkanes) is 2. The molecule has 22 N–H and O–H groups in total. The number of para-hydroxylation sites is 2. The summed E-state index contributed by atoms with van der Waals surface area (Å²) in [5, 5.41) is 70.7. The van der Waals surface area contributed by atoms with Crippen molar-refractivity contribution < 1.29 is 91.7 Å². The number of nitro benzene ring substituents is 1. The van der Waals surface area contributed by atoms with E-state index in [2.05, 4.69) is 88.7 Å². The van der Waals surface area contributed by atoms with Crippen molar-refractivity contribution in [1.29, 1.82) is 0 Å². The summed E-state index contributed by atoms with van der Waals surface area (Å²) >= 11 is 0. The van der Waals surface area contributed by atoms with E-state index in [1.54, 1.807) is 52.2 Å². The van der Waals surface area contributed by atoms with Gasteiger partial charge in [0.05, 0.1) is 35.2 Å². The summed E-state index contributed by atoms with van der Waals surface area (Å²) in [7, 11) is 0. The van der Waals surface area contributed by atoms with Crippen LogP contribution in [0, 0.1) is 22.0 Å². The first-order chi connectivity index (χ1) is 63.1. The number of nitrogens with two attached hydrogens (primary N) is 3. The first-order valence-electron chi connectivity index (χ1n) is 44.3. The van der Waals surface area contributed by atoms with E-state index in [1.165, 1.54) is 58.7 Å². The van der Waals surface area contributed by atoms with Crippen molar-refractivity contribution in [3.8, 4) is 5.75 Å². The predicted octanol–water partition coefficient (Wildman–Crippen LogP) is 1.76. The summed E-state index contributed by atoms with van der Waals surface area (Å²) in [5.74, 6) is -13.9. The van der Waals surface area contributed by atoms with E-state index >= 15 is 24.0 Å². The number of H-pyrrole nitrogens is 3. The molecule has 0 radical (unpaired) electrons. The second-order valence-electron chi connectivity index (χ2n) is 34.1. The number of carbonyl (C=O) groups excluding carboxylic acids is 14. The van der Waals surface area contributed by atoms with Gasteiger partial charge in [-0.2, -0.15) is 0 Å². The molecule has 14 amide bonds. The topological polar surface area (TPSA) is 656 Å². The fraction of sp³-hybridized carbons (Fsp3) is 0.483. The molecule has 4 aromatic carbocycles. The van der Waals surface area contributed by atoms with Crippen LogP contribution in [0.1, 0.15) is 160 Å². The Labute approximate surface area is 758 Å². The highest BCUT2D eigenvalue weighted by Gasteiger charge is 2.43. The molecule has 2 aliphatic rings. The molecular weight excluding hydrogens is 1710 g/mol. The monoisotopic (exact) mass is 1830 g/mol. The van der Waals surface area contributed by atoms with Crippen molar-refractivity contribution in [1.82, 2.24) is 93.2 Å². The minimum absolute atomic E-state index is 0.000908. The number of carboxylic acid groups (broad SMARTS) is 1. The molecule has 2 saturated heterocycles. The van der Waals surface area contributed by atoms with E-state index in [0.29, 0.717) is 52.7 Å². The van der Waals surface area contributed by atoms with E-state index in [-0.39, 0.29) is 144 Å². The van der Waals surface area contributed by atoms with E-state index in [9.17, 15) is 68.3 Å². The number of carbonyl (C=O) groups is 15. The second-order valence-corrected chi connectivity index (χ2v) is 34.1. The minimum Gasteiger partial charge on any atom is -0.508 e. The Kier molecular flexibility index (Phi) is 36.1. The van der Waals surface area contributed by atoms with Gasteiger partial charge in [0.15, 0.2) is 5.52 Å². The molecule has 708 valence electrons. The Morgan fingerprint density at radius 3 is 1.59 bits per heavy atom. The number of nitrogens with one attached hydrogen (secondary N) is 14. The van der Waals surface area contributed by atoms with Gasteiger partial charge < -0.3 is 111 Å². The molecule has 0 saturated carbocycles. The van der Waals surface area contributed by atoms with Crippen molar-refractivity contribution in [2.45, 2.75) is 236 Å². The van der Waals surface area contributed by atoms with E-state index < -0.39 is 192 Å². The average Bonchev–Trinajstić information content (AvgIpc) is 1.65. The van der Waals surface area contributed by atoms with Crippen LogP contribution in [0.25, 0.3) is 32.8 Å². The number of nitro groups is 1. The van der Waals surface area contributed by atoms with Crippen LogP contribution in [-0.4, -0.2) is 243 Å². The number of rotatable bonds is 51. The molecule has 43 heteroatoms. The summed E-state index contributed by atoms with van der Waals surface area (Å²) in [4.78, 5) is 240. The third-order valence-corrected chi connectivity index (χ3v) is 23.1. The lowest BCUT2D eigenvalue weighted by atomic mass is 9.99. The van der Waals surface area contributed by atoms with Crippen LogP contribution in [0.4, 0.5) is 11.4 Å². The van der Waals surface area contributed by atoms with Crippen molar-refractivity contribution >= 4 is 133 Å². The molecule has 2 fully saturated rings. The van der Waals surface area contributed by atoms with Gasteiger partial charge in [-0.05, 0) is 153 Å². The number of amides is 14. The fourth-order valence-electron chi connectivity index (χ4n) is 16.2. The number of aliphatic carboxylic acids is 1. The van der Waals surface area contributed by atoms with Crippen molar-refractivity contribution in [3.63, 3.8) is 0 Å². The number of carboxylic acids is 1. The lowest BCUT2D eigenvalue weighted by Crippen LogP contribution is -2.61. The maximum Gasteiger partial charge on any atom is 0.326 e. The van der Waals surface area contributed by atoms with Gasteiger partial charge in [-0.1, -0.05) is 96.0 Å². The van der Waals surface area contributed by atoms with Crippen molar-refractivity contribution in [2.24, 2.45) is 29.0 Å². The first kappa shape index (κ1) is 99.7. The summed E-state index contributed by atoms with van der Waals surface area (Å²) in [6.45, 7) is 8.19. The van der Waals surface area contributed by atoms with Crippen molar-refractivity contribution in [3.05, 3.63) is 142 Å². The number of phenolic OH excluding ortho intramolecular Hbond substituents is 1. The molecule has 0 spiro atoms. The van der Waals surface area contributed by atoms with E-state index in [1.807, 2.05) is 43.3 Å². The van der Waals surface area contributed by atoms with E-state index in [4.69, 9.17) is 21.8 Å². The number of aromatic amines is 3. The zero-order valence-electron chi connectivity index (χ0n) is 74.1. The third kappa shape index (κ3) is 28.1. The normalized spacial score (nSPS) is 16.0. The highest BCUT2D eigenvalue weighted by molar-refractivity contribution is 6.01. The molecule has 6 heterocycles.